The van der Waals surface area contributed by atoms with E-state index in [0.29, 0.717) is 16.7 Å². The third kappa shape index (κ3) is 3.07. The van der Waals surface area contributed by atoms with E-state index >= 15 is 0 Å². The molecule has 4 N–H and O–H groups in total. The maximum absolute atomic E-state index is 13.9. The summed E-state index contributed by atoms with van der Waals surface area (Å²) >= 11 is 0. The topological polar surface area (TPSA) is 118 Å². The summed E-state index contributed by atoms with van der Waals surface area (Å²) in [7, 11) is 0. The number of amides is 1. The normalized spacial score (nSPS) is 10.9. The highest BCUT2D eigenvalue weighted by molar-refractivity contribution is 6.11. The molecule has 0 fully saturated rings. The van der Waals surface area contributed by atoms with Crippen LogP contribution in [-0.2, 0) is 0 Å². The van der Waals surface area contributed by atoms with Gasteiger partial charge in [0.05, 0.1) is 11.1 Å². The number of carbonyl (C=O) groups excluding carboxylic acids is 1. The lowest BCUT2D eigenvalue weighted by Gasteiger charge is -2.12. The molecule has 0 aliphatic carbocycles. The number of nitrogens with one attached hydrogen (secondary N) is 1. The van der Waals surface area contributed by atoms with Crippen molar-refractivity contribution >= 4 is 45.1 Å². The molecule has 2 aromatic carbocycles. The maximum atomic E-state index is 13.9. The van der Waals surface area contributed by atoms with E-state index in [1.165, 1.54) is 24.3 Å². The van der Waals surface area contributed by atoms with Gasteiger partial charge in [0.15, 0.2) is 0 Å². The first-order chi connectivity index (χ1) is 13.4. The van der Waals surface area contributed by atoms with Crippen molar-refractivity contribution in [1.82, 2.24) is 9.97 Å². The summed E-state index contributed by atoms with van der Waals surface area (Å²) in [4.78, 5) is 31.3. The van der Waals surface area contributed by atoms with Gasteiger partial charge in [-0.05, 0) is 36.4 Å². The number of benzene rings is 2. The number of carboxylic acids is 1. The summed E-state index contributed by atoms with van der Waals surface area (Å²) in [6.07, 6.45) is 3.23. The fourth-order valence-corrected chi connectivity index (χ4v) is 3.02. The molecule has 4 rings (SSSR count). The van der Waals surface area contributed by atoms with Gasteiger partial charge in [-0.15, -0.1) is 0 Å². The minimum Gasteiger partial charge on any atom is -0.478 e. The lowest BCUT2D eigenvalue weighted by atomic mass is 10.1. The van der Waals surface area contributed by atoms with E-state index in [9.17, 15) is 19.1 Å². The third-order valence-corrected chi connectivity index (χ3v) is 4.29. The van der Waals surface area contributed by atoms with E-state index in [2.05, 4.69) is 15.3 Å². The number of anilines is 2. The Labute approximate surface area is 157 Å². The Balaban J connectivity index is 1.92. The van der Waals surface area contributed by atoms with Gasteiger partial charge >= 0.3 is 5.97 Å². The van der Waals surface area contributed by atoms with Crippen molar-refractivity contribution in [2.75, 3.05) is 5.32 Å². The lowest BCUT2D eigenvalue weighted by Crippen LogP contribution is -2.11. The molecule has 138 valence electrons. The number of aromatic carboxylic acids is 1. The number of nitrogens with zero attached hydrogens (tertiary/aromatic N) is 2. The molecule has 4 aromatic rings. The van der Waals surface area contributed by atoms with Gasteiger partial charge in [0, 0.05) is 39.8 Å². The van der Waals surface area contributed by atoms with Crippen LogP contribution in [0.3, 0.4) is 0 Å². The number of carboxylic acid groups (broad SMARTS) is 1. The van der Waals surface area contributed by atoms with Crippen LogP contribution in [-0.4, -0.2) is 27.0 Å². The SMILES string of the molecule is NC(=O)c1cc(F)cc(Nc2nc3cc(C(=O)O)ccc3c3cnccc23)c1. The van der Waals surface area contributed by atoms with Crippen molar-refractivity contribution in [1.29, 1.82) is 0 Å². The van der Waals surface area contributed by atoms with Gasteiger partial charge in [0.2, 0.25) is 5.91 Å². The van der Waals surface area contributed by atoms with Gasteiger partial charge in [-0.2, -0.15) is 0 Å². The predicted molar refractivity (Wildman–Crippen MR) is 102 cm³/mol. The molecule has 0 spiro atoms. The van der Waals surface area contributed by atoms with Gasteiger partial charge in [-0.1, -0.05) is 6.07 Å². The Morgan fingerprint density at radius 3 is 2.57 bits per heavy atom. The summed E-state index contributed by atoms with van der Waals surface area (Å²) in [5.41, 5.74) is 6.08. The Morgan fingerprint density at radius 2 is 1.82 bits per heavy atom. The quantitative estimate of drug-likeness (QED) is 0.470. The Kier molecular flexibility index (Phi) is 4.08. The second kappa shape index (κ2) is 6.58. The zero-order valence-electron chi connectivity index (χ0n) is 14.3. The van der Waals surface area contributed by atoms with Crippen LogP contribution in [0.4, 0.5) is 15.9 Å². The molecule has 0 unspecified atom stereocenters. The first kappa shape index (κ1) is 17.3. The molecular formula is C20H13FN4O3. The fraction of sp³-hybridized carbons (Fsp3) is 0. The highest BCUT2D eigenvalue weighted by Crippen LogP contribution is 2.31. The van der Waals surface area contributed by atoms with Crippen LogP contribution in [0.25, 0.3) is 21.7 Å². The van der Waals surface area contributed by atoms with E-state index in [0.717, 1.165) is 16.8 Å². The van der Waals surface area contributed by atoms with Crippen LogP contribution >= 0.6 is 0 Å². The van der Waals surface area contributed by atoms with Crippen molar-refractivity contribution in [2.45, 2.75) is 0 Å². The largest absolute Gasteiger partial charge is 0.478 e. The van der Waals surface area contributed by atoms with Crippen LogP contribution in [0.15, 0.2) is 54.9 Å². The summed E-state index contributed by atoms with van der Waals surface area (Å²) in [5.74, 6) is -2.08. The van der Waals surface area contributed by atoms with Crippen LogP contribution in [0, 0.1) is 5.82 Å². The molecule has 1 amide bonds. The molecule has 0 aliphatic rings. The molecule has 0 atom stereocenters. The van der Waals surface area contributed by atoms with Crippen LogP contribution < -0.4 is 11.1 Å². The van der Waals surface area contributed by atoms with E-state index in [1.54, 1.807) is 24.5 Å². The molecule has 8 heteroatoms. The predicted octanol–water partition coefficient (Wildman–Crippen LogP) is 3.46. The van der Waals surface area contributed by atoms with Crippen molar-refractivity contribution in [2.24, 2.45) is 5.73 Å². The molecular weight excluding hydrogens is 363 g/mol. The van der Waals surface area contributed by atoms with Gasteiger partial charge in [0.1, 0.15) is 11.6 Å². The van der Waals surface area contributed by atoms with Crippen molar-refractivity contribution in [3.05, 3.63) is 71.8 Å². The maximum Gasteiger partial charge on any atom is 0.335 e. The van der Waals surface area contributed by atoms with Gasteiger partial charge in [0.25, 0.3) is 0 Å². The molecule has 28 heavy (non-hydrogen) atoms. The second-order valence-corrected chi connectivity index (χ2v) is 6.14. The molecule has 7 nitrogen and oxygen atoms in total. The summed E-state index contributed by atoms with van der Waals surface area (Å²) < 4.78 is 13.9. The lowest BCUT2D eigenvalue weighted by molar-refractivity contribution is 0.0696. The summed E-state index contributed by atoms with van der Waals surface area (Å²) in [6.45, 7) is 0. The molecule has 0 saturated heterocycles. The smallest absolute Gasteiger partial charge is 0.335 e. The second-order valence-electron chi connectivity index (χ2n) is 6.14. The first-order valence-electron chi connectivity index (χ1n) is 8.20. The monoisotopic (exact) mass is 376 g/mol. The number of carbonyl (C=O) groups is 2. The highest BCUT2D eigenvalue weighted by atomic mass is 19.1. The zero-order valence-corrected chi connectivity index (χ0v) is 14.3. The minimum absolute atomic E-state index is 0.0161. The van der Waals surface area contributed by atoms with E-state index in [-0.39, 0.29) is 16.8 Å². The van der Waals surface area contributed by atoms with Crippen molar-refractivity contribution < 1.29 is 19.1 Å². The average Bonchev–Trinajstić information content (AvgIpc) is 2.67. The number of hydrogen-bond acceptors (Lipinski definition) is 5. The van der Waals surface area contributed by atoms with Gasteiger partial charge < -0.3 is 16.2 Å². The van der Waals surface area contributed by atoms with Gasteiger partial charge in [-0.25, -0.2) is 14.2 Å². The zero-order chi connectivity index (χ0) is 19.8. The van der Waals surface area contributed by atoms with Crippen molar-refractivity contribution in [3.8, 4) is 0 Å². The number of nitrogens with two attached hydrogens (primary N) is 1. The van der Waals surface area contributed by atoms with E-state index in [4.69, 9.17) is 5.73 Å². The Morgan fingerprint density at radius 1 is 1.00 bits per heavy atom. The number of pyridine rings is 2. The summed E-state index contributed by atoms with van der Waals surface area (Å²) in [6, 6.07) is 10.0. The third-order valence-electron chi connectivity index (χ3n) is 4.29. The molecule has 2 aromatic heterocycles. The summed E-state index contributed by atoms with van der Waals surface area (Å²) in [5, 5.41) is 14.4. The van der Waals surface area contributed by atoms with Crippen LogP contribution in [0.1, 0.15) is 20.7 Å². The first-order valence-corrected chi connectivity index (χ1v) is 8.20. The number of rotatable bonds is 4. The molecule has 0 aliphatic heterocycles. The van der Waals surface area contributed by atoms with Crippen LogP contribution in [0.5, 0.6) is 0 Å². The van der Waals surface area contributed by atoms with E-state index < -0.39 is 17.7 Å². The molecule has 2 heterocycles. The van der Waals surface area contributed by atoms with Gasteiger partial charge in [-0.3, -0.25) is 9.78 Å². The highest BCUT2D eigenvalue weighted by Gasteiger charge is 2.13. The minimum atomic E-state index is -1.07. The number of halogens is 1. The number of primary amides is 1. The average molecular weight is 376 g/mol. The van der Waals surface area contributed by atoms with Crippen molar-refractivity contribution in [3.63, 3.8) is 0 Å². The molecule has 0 bridgehead atoms. The van der Waals surface area contributed by atoms with E-state index in [1.807, 2.05) is 0 Å². The standard InChI is InChI=1S/C20H13FN4O3/c21-12-5-11(18(22)26)6-13(8-12)24-19-15-3-4-23-9-16(15)14-2-1-10(20(27)28)7-17(14)25-19/h1-9H,(H2,22,26)(H,24,25)(H,27,28). The molecule has 0 saturated carbocycles. The van der Waals surface area contributed by atoms with Crippen LogP contribution in [0.2, 0.25) is 0 Å². The Hall–Kier alpha value is -4.07. The fourth-order valence-electron chi connectivity index (χ4n) is 3.02. The molecule has 0 radical (unpaired) electrons. The Bertz CT molecular complexity index is 1270. The number of aromatic nitrogens is 2. The number of hydrogen-bond donors (Lipinski definition) is 3. The number of fused-ring (bicyclic) bond motifs is 3.